The Morgan fingerprint density at radius 1 is 1.35 bits per heavy atom. The van der Waals surface area contributed by atoms with Crippen molar-refractivity contribution < 1.29 is 9.13 Å². The van der Waals surface area contributed by atoms with Gasteiger partial charge >= 0.3 is 0 Å². The molecule has 0 radical (unpaired) electrons. The first-order valence-corrected chi connectivity index (χ1v) is 7.60. The van der Waals surface area contributed by atoms with E-state index < -0.39 is 0 Å². The minimum atomic E-state index is -0.322. The van der Waals surface area contributed by atoms with Crippen LogP contribution in [0.15, 0.2) is 29.1 Å². The van der Waals surface area contributed by atoms with Gasteiger partial charge in [0.05, 0.1) is 18.8 Å². The highest BCUT2D eigenvalue weighted by molar-refractivity contribution is 7.71. The number of aromatic amines is 1. The second kappa shape index (κ2) is 6.61. The molecule has 6 nitrogen and oxygen atoms in total. The van der Waals surface area contributed by atoms with E-state index in [4.69, 9.17) is 17.0 Å². The standard InChI is InChI=1S/C15H17FN4O2S/c1-22-7-6-19-8-12-13(17-9-19)20(15(23)18-14(12)21)11-4-2-10(16)3-5-11/h2-5,17H,6-9H2,1H3,(H,18,21,23). The van der Waals surface area contributed by atoms with E-state index in [1.165, 1.54) is 12.1 Å². The highest BCUT2D eigenvalue weighted by atomic mass is 32.1. The molecule has 2 aromatic rings. The third kappa shape index (κ3) is 3.19. The van der Waals surface area contributed by atoms with Crippen LogP contribution in [0, 0.1) is 10.6 Å². The lowest BCUT2D eigenvalue weighted by Crippen LogP contribution is -2.40. The Morgan fingerprint density at radius 2 is 2.09 bits per heavy atom. The van der Waals surface area contributed by atoms with Crippen molar-refractivity contribution in [1.29, 1.82) is 0 Å². The molecule has 2 heterocycles. The van der Waals surface area contributed by atoms with Gasteiger partial charge in [0.25, 0.3) is 5.56 Å². The lowest BCUT2D eigenvalue weighted by Gasteiger charge is -2.30. The summed E-state index contributed by atoms with van der Waals surface area (Å²) in [5.74, 6) is 0.330. The Hall–Kier alpha value is -2.03. The topological polar surface area (TPSA) is 62.3 Å². The molecule has 23 heavy (non-hydrogen) atoms. The lowest BCUT2D eigenvalue weighted by atomic mass is 10.2. The van der Waals surface area contributed by atoms with E-state index in [2.05, 4.69) is 15.2 Å². The van der Waals surface area contributed by atoms with Crippen LogP contribution in [-0.2, 0) is 11.3 Å². The fourth-order valence-corrected chi connectivity index (χ4v) is 2.88. The van der Waals surface area contributed by atoms with Gasteiger partial charge in [0, 0.05) is 25.9 Å². The number of nitrogens with zero attached hydrogens (tertiary/aromatic N) is 2. The normalized spacial score (nSPS) is 14.3. The largest absolute Gasteiger partial charge is 0.383 e. The van der Waals surface area contributed by atoms with Crippen molar-refractivity contribution in [3.63, 3.8) is 0 Å². The van der Waals surface area contributed by atoms with Crippen LogP contribution < -0.4 is 10.9 Å². The van der Waals surface area contributed by atoms with E-state index >= 15 is 0 Å². The molecular formula is C15H17FN4O2S. The first-order chi connectivity index (χ1) is 11.1. The summed E-state index contributed by atoms with van der Waals surface area (Å²) in [7, 11) is 1.64. The zero-order valence-electron chi connectivity index (χ0n) is 12.6. The van der Waals surface area contributed by atoms with Gasteiger partial charge in [0.15, 0.2) is 4.77 Å². The number of fused-ring (bicyclic) bond motifs is 1. The Bertz CT molecular complexity index is 816. The van der Waals surface area contributed by atoms with Crippen molar-refractivity contribution in [2.75, 3.05) is 32.2 Å². The maximum absolute atomic E-state index is 13.1. The summed E-state index contributed by atoms with van der Waals surface area (Å²) < 4.78 is 20.2. The number of H-pyrrole nitrogens is 1. The van der Waals surface area contributed by atoms with E-state index in [0.717, 1.165) is 0 Å². The average molecular weight is 336 g/mol. The molecular weight excluding hydrogens is 319 g/mol. The molecule has 0 fully saturated rings. The van der Waals surface area contributed by atoms with Crippen LogP contribution in [0.25, 0.3) is 5.69 Å². The van der Waals surface area contributed by atoms with E-state index in [0.29, 0.717) is 43.4 Å². The van der Waals surface area contributed by atoms with Crippen LogP contribution in [0.1, 0.15) is 5.56 Å². The number of methoxy groups -OCH3 is 1. The van der Waals surface area contributed by atoms with Crippen molar-refractivity contribution in [3.8, 4) is 5.69 Å². The van der Waals surface area contributed by atoms with Crippen molar-refractivity contribution in [2.45, 2.75) is 6.54 Å². The fraction of sp³-hybridized carbons (Fsp3) is 0.333. The van der Waals surface area contributed by atoms with Crippen LogP contribution in [0.2, 0.25) is 0 Å². The zero-order valence-corrected chi connectivity index (χ0v) is 13.5. The summed E-state index contributed by atoms with van der Waals surface area (Å²) in [6.45, 7) is 2.38. The maximum Gasteiger partial charge on any atom is 0.258 e. The molecule has 0 unspecified atom stereocenters. The Kier molecular flexibility index (Phi) is 4.56. The summed E-state index contributed by atoms with van der Waals surface area (Å²) in [6, 6.07) is 5.98. The molecule has 1 aromatic carbocycles. The lowest BCUT2D eigenvalue weighted by molar-refractivity contribution is 0.146. The summed E-state index contributed by atoms with van der Waals surface area (Å²) in [4.78, 5) is 17.0. The molecule has 1 aliphatic heterocycles. The van der Waals surface area contributed by atoms with Gasteiger partial charge in [0.1, 0.15) is 11.6 Å². The minimum Gasteiger partial charge on any atom is -0.383 e. The first-order valence-electron chi connectivity index (χ1n) is 7.19. The van der Waals surface area contributed by atoms with Crippen LogP contribution in [0.3, 0.4) is 0 Å². The summed E-state index contributed by atoms with van der Waals surface area (Å²) >= 11 is 5.28. The second-order valence-corrected chi connectivity index (χ2v) is 5.67. The second-order valence-electron chi connectivity index (χ2n) is 5.28. The predicted molar refractivity (Wildman–Crippen MR) is 88.0 cm³/mol. The van der Waals surface area contributed by atoms with Crippen LogP contribution in [0.5, 0.6) is 0 Å². The number of benzene rings is 1. The van der Waals surface area contributed by atoms with Gasteiger partial charge in [-0.1, -0.05) is 0 Å². The number of nitrogens with one attached hydrogen (secondary N) is 2. The quantitative estimate of drug-likeness (QED) is 0.835. The number of aromatic nitrogens is 2. The molecule has 1 aromatic heterocycles. The third-order valence-electron chi connectivity index (χ3n) is 3.76. The van der Waals surface area contributed by atoms with Crippen LogP contribution >= 0.6 is 12.2 Å². The van der Waals surface area contributed by atoms with E-state index in [1.54, 1.807) is 23.8 Å². The fourth-order valence-electron chi connectivity index (χ4n) is 2.59. The molecule has 2 N–H and O–H groups in total. The maximum atomic E-state index is 13.1. The molecule has 0 saturated heterocycles. The van der Waals surface area contributed by atoms with Crippen molar-refractivity contribution in [1.82, 2.24) is 14.5 Å². The molecule has 0 atom stereocenters. The molecule has 122 valence electrons. The highest BCUT2D eigenvalue weighted by Crippen LogP contribution is 2.23. The Morgan fingerprint density at radius 3 is 2.78 bits per heavy atom. The van der Waals surface area contributed by atoms with E-state index in [9.17, 15) is 9.18 Å². The monoisotopic (exact) mass is 336 g/mol. The molecule has 0 aliphatic carbocycles. The Balaban J connectivity index is 2.05. The van der Waals surface area contributed by atoms with Gasteiger partial charge in [-0.25, -0.2) is 4.39 Å². The predicted octanol–water partition coefficient (Wildman–Crippen LogP) is 1.87. The SMILES string of the molecule is COCCN1CNc2c(c(=O)[nH]c(=S)n2-c2ccc(F)cc2)C1. The molecule has 0 bridgehead atoms. The molecule has 3 rings (SSSR count). The van der Waals surface area contributed by atoms with Gasteiger partial charge in [-0.15, -0.1) is 0 Å². The number of rotatable bonds is 4. The zero-order chi connectivity index (χ0) is 16.4. The molecule has 0 spiro atoms. The first kappa shape index (κ1) is 15.9. The van der Waals surface area contributed by atoms with Gasteiger partial charge in [-0.3, -0.25) is 19.2 Å². The van der Waals surface area contributed by atoms with Gasteiger partial charge in [0.2, 0.25) is 0 Å². The smallest absolute Gasteiger partial charge is 0.258 e. The number of hydrogen-bond donors (Lipinski definition) is 2. The number of ether oxygens (including phenoxy) is 1. The Labute approximate surface area is 137 Å². The molecule has 0 amide bonds. The van der Waals surface area contributed by atoms with Crippen molar-refractivity contribution in [2.24, 2.45) is 0 Å². The molecule has 1 aliphatic rings. The van der Waals surface area contributed by atoms with Gasteiger partial charge < -0.3 is 10.1 Å². The van der Waals surface area contributed by atoms with E-state index in [1.807, 2.05) is 0 Å². The van der Waals surface area contributed by atoms with Crippen molar-refractivity contribution >= 4 is 18.0 Å². The summed E-state index contributed by atoms with van der Waals surface area (Å²) in [6.07, 6.45) is 0. The van der Waals surface area contributed by atoms with E-state index in [-0.39, 0.29) is 16.1 Å². The minimum absolute atomic E-state index is 0.210. The number of hydrogen-bond acceptors (Lipinski definition) is 5. The number of halogens is 1. The van der Waals surface area contributed by atoms with Gasteiger partial charge in [-0.2, -0.15) is 0 Å². The third-order valence-corrected chi connectivity index (χ3v) is 4.04. The van der Waals surface area contributed by atoms with Crippen molar-refractivity contribution in [3.05, 3.63) is 50.8 Å². The van der Waals surface area contributed by atoms with Crippen LogP contribution in [0.4, 0.5) is 10.2 Å². The summed E-state index contributed by atoms with van der Waals surface area (Å²) in [5.41, 5.74) is 1.09. The number of anilines is 1. The molecule has 0 saturated carbocycles. The summed E-state index contributed by atoms with van der Waals surface area (Å²) in [5, 5.41) is 3.24. The average Bonchev–Trinajstić information content (AvgIpc) is 2.55. The highest BCUT2D eigenvalue weighted by Gasteiger charge is 2.22. The van der Waals surface area contributed by atoms with Crippen LogP contribution in [-0.4, -0.2) is 41.4 Å². The van der Waals surface area contributed by atoms with Gasteiger partial charge in [-0.05, 0) is 36.5 Å². The molecule has 8 heteroatoms.